The van der Waals surface area contributed by atoms with E-state index in [9.17, 15) is 9.59 Å². The Morgan fingerprint density at radius 3 is 2.90 bits per heavy atom. The molecule has 0 aliphatic rings. The van der Waals surface area contributed by atoms with Gasteiger partial charge in [0.05, 0.1) is 10.6 Å². The maximum absolute atomic E-state index is 11.4. The van der Waals surface area contributed by atoms with E-state index in [0.29, 0.717) is 17.5 Å². The fourth-order valence-corrected chi connectivity index (χ4v) is 3.05. The number of aromatic nitrogens is 3. The summed E-state index contributed by atoms with van der Waals surface area (Å²) in [5.74, 6) is -0.446. The summed E-state index contributed by atoms with van der Waals surface area (Å²) in [6.07, 6.45) is 0.285. The molecule has 0 aliphatic heterocycles. The highest BCUT2D eigenvalue weighted by molar-refractivity contribution is 7.99. The molecule has 2 aromatic heterocycles. The van der Waals surface area contributed by atoms with E-state index < -0.39 is 5.97 Å². The van der Waals surface area contributed by atoms with E-state index in [1.807, 2.05) is 17.5 Å². The first-order valence-corrected chi connectivity index (χ1v) is 8.00. The lowest BCUT2D eigenvalue weighted by molar-refractivity contribution is -0.134. The maximum atomic E-state index is 11.4. The van der Waals surface area contributed by atoms with Gasteiger partial charge in [0, 0.05) is 20.0 Å². The molecule has 0 saturated carbocycles. The molecule has 0 fully saturated rings. The van der Waals surface area contributed by atoms with Crippen molar-refractivity contribution >= 4 is 35.0 Å². The van der Waals surface area contributed by atoms with Crippen LogP contribution in [0.15, 0.2) is 22.7 Å². The Morgan fingerprint density at radius 2 is 2.29 bits per heavy atom. The minimum absolute atomic E-state index is 0.0879. The number of carboxylic acids is 1. The standard InChI is InChI=1S/C12H14N4O3S2/c1-13-9(17)4-5-16-11(8-3-2-6-20-8)14-15-12(16)21-7-10(18)19/h2-3,6H,4-5,7H2,1H3,(H,13,17)(H,18,19). The molecule has 112 valence electrons. The van der Waals surface area contributed by atoms with Gasteiger partial charge in [0.25, 0.3) is 0 Å². The van der Waals surface area contributed by atoms with Crippen LogP contribution < -0.4 is 5.32 Å². The summed E-state index contributed by atoms with van der Waals surface area (Å²) in [4.78, 5) is 23.0. The third-order valence-corrected chi connectivity index (χ3v) is 4.44. The summed E-state index contributed by atoms with van der Waals surface area (Å²) in [5, 5.41) is 21.9. The number of nitrogens with zero attached hydrogens (tertiary/aromatic N) is 3. The number of nitrogens with one attached hydrogen (secondary N) is 1. The number of thiophene rings is 1. The number of hydrogen-bond acceptors (Lipinski definition) is 6. The number of carboxylic acid groups (broad SMARTS) is 1. The van der Waals surface area contributed by atoms with E-state index >= 15 is 0 Å². The molecule has 0 unspecified atom stereocenters. The second kappa shape index (κ2) is 7.23. The SMILES string of the molecule is CNC(=O)CCn1c(SCC(=O)O)nnc1-c1cccs1. The quantitative estimate of drug-likeness (QED) is 0.745. The van der Waals surface area contributed by atoms with Crippen LogP contribution in [-0.4, -0.2) is 44.5 Å². The summed E-state index contributed by atoms with van der Waals surface area (Å²) in [6, 6.07) is 3.82. The molecular weight excluding hydrogens is 312 g/mol. The van der Waals surface area contributed by atoms with E-state index in [1.165, 1.54) is 11.3 Å². The predicted octanol–water partition coefficient (Wildman–Crippen LogP) is 1.32. The number of rotatable bonds is 7. The molecule has 0 radical (unpaired) electrons. The lowest BCUT2D eigenvalue weighted by Crippen LogP contribution is -2.20. The molecule has 1 amide bonds. The highest BCUT2D eigenvalue weighted by Crippen LogP contribution is 2.27. The maximum Gasteiger partial charge on any atom is 0.313 e. The van der Waals surface area contributed by atoms with E-state index in [4.69, 9.17) is 5.11 Å². The van der Waals surface area contributed by atoms with Crippen molar-refractivity contribution in [3.8, 4) is 10.7 Å². The molecule has 2 N–H and O–H groups in total. The summed E-state index contributed by atoms with van der Waals surface area (Å²) in [7, 11) is 1.58. The van der Waals surface area contributed by atoms with Crippen molar-refractivity contribution in [2.24, 2.45) is 0 Å². The van der Waals surface area contributed by atoms with Gasteiger partial charge in [-0.2, -0.15) is 0 Å². The first kappa shape index (κ1) is 15.5. The second-order valence-corrected chi connectivity index (χ2v) is 5.93. The van der Waals surface area contributed by atoms with Crippen molar-refractivity contribution in [2.75, 3.05) is 12.8 Å². The van der Waals surface area contributed by atoms with Gasteiger partial charge in [-0.05, 0) is 11.4 Å². The molecule has 21 heavy (non-hydrogen) atoms. The Kier molecular flexibility index (Phi) is 5.34. The van der Waals surface area contributed by atoms with Crippen LogP contribution in [0.25, 0.3) is 10.7 Å². The van der Waals surface area contributed by atoms with Gasteiger partial charge in [-0.25, -0.2) is 0 Å². The number of carbonyl (C=O) groups is 2. The lowest BCUT2D eigenvalue weighted by Gasteiger charge is -2.08. The van der Waals surface area contributed by atoms with Crippen molar-refractivity contribution in [2.45, 2.75) is 18.1 Å². The zero-order valence-corrected chi connectivity index (χ0v) is 12.9. The number of carbonyl (C=O) groups excluding carboxylic acids is 1. The smallest absolute Gasteiger partial charge is 0.313 e. The van der Waals surface area contributed by atoms with Crippen LogP contribution in [0.1, 0.15) is 6.42 Å². The fraction of sp³-hybridized carbons (Fsp3) is 0.333. The zero-order valence-electron chi connectivity index (χ0n) is 11.3. The van der Waals surface area contributed by atoms with Crippen LogP contribution in [0, 0.1) is 0 Å². The normalized spacial score (nSPS) is 10.5. The summed E-state index contributed by atoms with van der Waals surface area (Å²) >= 11 is 2.61. The summed E-state index contributed by atoms with van der Waals surface area (Å²) in [6.45, 7) is 0.405. The molecule has 9 heteroatoms. The Bertz CT molecular complexity index is 624. The third-order valence-electron chi connectivity index (χ3n) is 2.62. The van der Waals surface area contributed by atoms with Gasteiger partial charge >= 0.3 is 5.97 Å². The van der Waals surface area contributed by atoms with Gasteiger partial charge in [-0.3, -0.25) is 9.59 Å². The molecule has 0 saturated heterocycles. The topological polar surface area (TPSA) is 97.1 Å². The minimum atomic E-state index is -0.918. The van der Waals surface area contributed by atoms with E-state index in [-0.39, 0.29) is 18.1 Å². The van der Waals surface area contributed by atoms with Crippen molar-refractivity contribution < 1.29 is 14.7 Å². The van der Waals surface area contributed by atoms with Gasteiger partial charge in [0.1, 0.15) is 0 Å². The van der Waals surface area contributed by atoms with Crippen LogP contribution in [0.5, 0.6) is 0 Å². The average molecular weight is 326 g/mol. The molecule has 0 atom stereocenters. The second-order valence-electron chi connectivity index (χ2n) is 4.04. The van der Waals surface area contributed by atoms with Crippen LogP contribution >= 0.6 is 23.1 Å². The third kappa shape index (κ3) is 4.05. The molecule has 7 nitrogen and oxygen atoms in total. The largest absolute Gasteiger partial charge is 0.481 e. The van der Waals surface area contributed by atoms with Gasteiger partial charge in [-0.15, -0.1) is 21.5 Å². The Hall–Kier alpha value is -1.87. The molecule has 2 heterocycles. The van der Waals surface area contributed by atoms with Gasteiger partial charge in [0.2, 0.25) is 5.91 Å². The minimum Gasteiger partial charge on any atom is -0.481 e. The Labute approximate surface area is 129 Å². The molecule has 2 rings (SSSR count). The van der Waals surface area contributed by atoms with Gasteiger partial charge in [0.15, 0.2) is 11.0 Å². The number of amides is 1. The first-order valence-electron chi connectivity index (χ1n) is 6.14. The van der Waals surface area contributed by atoms with Gasteiger partial charge in [-0.1, -0.05) is 17.8 Å². The van der Waals surface area contributed by atoms with E-state index in [2.05, 4.69) is 15.5 Å². The van der Waals surface area contributed by atoms with Crippen LogP contribution in [0.3, 0.4) is 0 Å². The molecule has 0 bridgehead atoms. The van der Waals surface area contributed by atoms with E-state index in [0.717, 1.165) is 16.6 Å². The predicted molar refractivity (Wildman–Crippen MR) is 80.4 cm³/mol. The van der Waals surface area contributed by atoms with Crippen LogP contribution in [0.2, 0.25) is 0 Å². The highest BCUT2D eigenvalue weighted by Gasteiger charge is 2.16. The monoisotopic (exact) mass is 326 g/mol. The first-order chi connectivity index (χ1) is 10.1. The average Bonchev–Trinajstić information content (AvgIpc) is 3.11. The van der Waals surface area contributed by atoms with Crippen LogP contribution in [-0.2, 0) is 16.1 Å². The summed E-state index contributed by atoms with van der Waals surface area (Å²) in [5.41, 5.74) is 0. The Morgan fingerprint density at radius 1 is 1.48 bits per heavy atom. The molecule has 0 spiro atoms. The van der Waals surface area contributed by atoms with E-state index in [1.54, 1.807) is 11.6 Å². The van der Waals surface area contributed by atoms with Crippen molar-refractivity contribution in [1.82, 2.24) is 20.1 Å². The fourth-order valence-electron chi connectivity index (χ4n) is 1.65. The Balaban J connectivity index is 2.24. The van der Waals surface area contributed by atoms with Gasteiger partial charge < -0.3 is 15.0 Å². The molecular formula is C12H14N4O3S2. The summed E-state index contributed by atoms with van der Waals surface area (Å²) < 4.78 is 1.79. The van der Waals surface area contributed by atoms with Crippen molar-refractivity contribution in [3.05, 3.63) is 17.5 Å². The zero-order chi connectivity index (χ0) is 15.2. The van der Waals surface area contributed by atoms with Crippen molar-refractivity contribution in [3.63, 3.8) is 0 Å². The molecule has 0 aromatic carbocycles. The number of thioether (sulfide) groups is 1. The highest BCUT2D eigenvalue weighted by atomic mass is 32.2. The lowest BCUT2D eigenvalue weighted by atomic mass is 10.3. The number of aliphatic carboxylic acids is 1. The van der Waals surface area contributed by atoms with Crippen LogP contribution in [0.4, 0.5) is 0 Å². The van der Waals surface area contributed by atoms with Crippen molar-refractivity contribution in [1.29, 1.82) is 0 Å². The molecule has 0 aliphatic carbocycles. The number of hydrogen-bond donors (Lipinski definition) is 2. The molecule has 2 aromatic rings.